The highest BCUT2D eigenvalue weighted by Crippen LogP contribution is 2.45. The smallest absolute Gasteiger partial charge is 0.319 e. The molecule has 0 spiro atoms. The summed E-state index contributed by atoms with van der Waals surface area (Å²) in [5.41, 5.74) is 0.400. The number of carbonyl (C=O) groups excluding carboxylic acids is 1. The number of anilines is 1. The van der Waals surface area contributed by atoms with Crippen molar-refractivity contribution in [2.24, 2.45) is 5.92 Å². The molecule has 1 fully saturated rings. The second kappa shape index (κ2) is 6.93. The quantitative estimate of drug-likeness (QED) is 0.764. The van der Waals surface area contributed by atoms with Crippen LogP contribution in [0.25, 0.3) is 0 Å². The van der Waals surface area contributed by atoms with Crippen LogP contribution < -0.4 is 15.4 Å². The fraction of sp³-hybridized carbons (Fsp3) is 0.316. The normalized spacial score (nSPS) is 16.1. The summed E-state index contributed by atoms with van der Waals surface area (Å²) >= 11 is 0. The minimum atomic E-state index is -1.03. The lowest BCUT2D eigenvalue weighted by Crippen LogP contribution is -2.43. The van der Waals surface area contributed by atoms with Gasteiger partial charge in [0.1, 0.15) is 11.4 Å². The Labute approximate surface area is 141 Å². The van der Waals surface area contributed by atoms with Crippen molar-refractivity contribution in [2.45, 2.75) is 18.4 Å². The summed E-state index contributed by atoms with van der Waals surface area (Å²) in [6.07, 6.45) is 1.95. The number of ether oxygens (including phenoxy) is 1. The van der Waals surface area contributed by atoms with Crippen LogP contribution in [0.3, 0.4) is 0 Å². The molecule has 2 aromatic carbocycles. The van der Waals surface area contributed by atoms with Crippen molar-refractivity contribution in [3.63, 3.8) is 0 Å². The van der Waals surface area contributed by atoms with E-state index in [1.807, 2.05) is 42.5 Å². The monoisotopic (exact) mass is 326 g/mol. The van der Waals surface area contributed by atoms with Crippen molar-refractivity contribution < 1.29 is 14.6 Å². The molecule has 2 aromatic rings. The molecule has 0 bridgehead atoms. The minimum absolute atomic E-state index is 0.169. The van der Waals surface area contributed by atoms with Gasteiger partial charge >= 0.3 is 6.03 Å². The summed E-state index contributed by atoms with van der Waals surface area (Å²) in [6.45, 7) is 0.169. The average molecular weight is 326 g/mol. The van der Waals surface area contributed by atoms with E-state index in [9.17, 15) is 9.90 Å². The first-order valence-corrected chi connectivity index (χ1v) is 8.09. The first kappa shape index (κ1) is 16.3. The second-order valence-electron chi connectivity index (χ2n) is 6.07. The molecule has 0 aromatic heterocycles. The third-order valence-corrected chi connectivity index (χ3v) is 4.40. The maximum atomic E-state index is 12.2. The van der Waals surface area contributed by atoms with E-state index in [-0.39, 0.29) is 18.5 Å². The van der Waals surface area contributed by atoms with E-state index in [2.05, 4.69) is 10.6 Å². The molecule has 1 aliphatic rings. The summed E-state index contributed by atoms with van der Waals surface area (Å²) in [5.74, 6) is 0.777. The summed E-state index contributed by atoms with van der Waals surface area (Å²) in [6, 6.07) is 16.4. The number of para-hydroxylation sites is 2. The van der Waals surface area contributed by atoms with Crippen molar-refractivity contribution >= 4 is 11.7 Å². The second-order valence-corrected chi connectivity index (χ2v) is 6.07. The molecule has 2 amide bonds. The van der Waals surface area contributed by atoms with Gasteiger partial charge in [0, 0.05) is 0 Å². The Bertz CT molecular complexity index is 701. The Morgan fingerprint density at radius 2 is 1.83 bits per heavy atom. The number of nitrogens with one attached hydrogen (secondary N) is 2. The number of hydrogen-bond acceptors (Lipinski definition) is 3. The van der Waals surface area contributed by atoms with Crippen LogP contribution in [0.4, 0.5) is 10.5 Å². The number of carbonyl (C=O) groups is 1. The fourth-order valence-electron chi connectivity index (χ4n) is 2.90. The molecule has 1 atom stereocenters. The third kappa shape index (κ3) is 3.51. The number of aliphatic hydroxyl groups is 1. The van der Waals surface area contributed by atoms with Gasteiger partial charge in [-0.15, -0.1) is 0 Å². The Hall–Kier alpha value is -2.53. The summed E-state index contributed by atoms with van der Waals surface area (Å²) in [7, 11) is 1.56. The number of benzene rings is 2. The molecule has 1 saturated carbocycles. The molecule has 0 heterocycles. The Balaban J connectivity index is 1.66. The van der Waals surface area contributed by atoms with Gasteiger partial charge < -0.3 is 20.5 Å². The molecule has 0 saturated heterocycles. The van der Waals surface area contributed by atoms with E-state index in [0.29, 0.717) is 11.4 Å². The lowest BCUT2D eigenvalue weighted by atomic mass is 9.89. The van der Waals surface area contributed by atoms with E-state index in [4.69, 9.17) is 4.74 Å². The first-order valence-electron chi connectivity index (χ1n) is 8.09. The van der Waals surface area contributed by atoms with E-state index in [1.54, 1.807) is 19.2 Å². The Morgan fingerprint density at radius 3 is 2.50 bits per heavy atom. The number of rotatable bonds is 6. The van der Waals surface area contributed by atoms with Gasteiger partial charge in [-0.2, -0.15) is 0 Å². The van der Waals surface area contributed by atoms with Crippen molar-refractivity contribution in [3.05, 3.63) is 60.2 Å². The first-order chi connectivity index (χ1) is 11.6. The molecule has 1 aliphatic carbocycles. The van der Waals surface area contributed by atoms with E-state index >= 15 is 0 Å². The molecule has 0 aliphatic heterocycles. The number of amides is 2. The minimum Gasteiger partial charge on any atom is -0.495 e. The third-order valence-electron chi connectivity index (χ3n) is 4.40. The predicted molar refractivity (Wildman–Crippen MR) is 93.1 cm³/mol. The highest BCUT2D eigenvalue weighted by Gasteiger charge is 2.45. The largest absolute Gasteiger partial charge is 0.495 e. The molecule has 0 radical (unpaired) electrons. The van der Waals surface area contributed by atoms with Crippen LogP contribution in [0, 0.1) is 5.92 Å². The van der Waals surface area contributed by atoms with Gasteiger partial charge in [-0.05, 0) is 36.5 Å². The van der Waals surface area contributed by atoms with Gasteiger partial charge in [-0.25, -0.2) is 4.79 Å². The molecule has 24 heavy (non-hydrogen) atoms. The molecule has 126 valence electrons. The Morgan fingerprint density at radius 1 is 1.17 bits per heavy atom. The van der Waals surface area contributed by atoms with Crippen molar-refractivity contribution in [3.8, 4) is 5.75 Å². The van der Waals surface area contributed by atoms with Crippen molar-refractivity contribution in [1.82, 2.24) is 5.32 Å². The van der Waals surface area contributed by atoms with Gasteiger partial charge in [0.25, 0.3) is 0 Å². The molecular weight excluding hydrogens is 304 g/mol. The van der Waals surface area contributed by atoms with Crippen molar-refractivity contribution in [1.29, 1.82) is 0 Å². The Kier molecular flexibility index (Phi) is 4.71. The van der Waals surface area contributed by atoms with Gasteiger partial charge in [0.2, 0.25) is 0 Å². The number of methoxy groups -OCH3 is 1. The highest BCUT2D eigenvalue weighted by atomic mass is 16.5. The summed E-state index contributed by atoms with van der Waals surface area (Å²) in [4.78, 5) is 12.2. The topological polar surface area (TPSA) is 70.6 Å². The SMILES string of the molecule is COc1ccccc1NC(=O)NC[C@@](O)(c1ccccc1)C1CC1. The standard InChI is InChI=1S/C19H22N2O3/c1-24-17-10-6-5-9-16(17)21-18(22)20-13-19(23,15-11-12-15)14-7-3-2-4-8-14/h2-10,15,23H,11-13H2,1H3,(H2,20,21,22)/t19-/m1/s1. The van der Waals surface area contributed by atoms with Crippen molar-refractivity contribution in [2.75, 3.05) is 19.0 Å². The van der Waals surface area contributed by atoms with E-state index in [0.717, 1.165) is 18.4 Å². The molecular formula is C19H22N2O3. The maximum absolute atomic E-state index is 12.2. The lowest BCUT2D eigenvalue weighted by molar-refractivity contribution is 0.0164. The highest BCUT2D eigenvalue weighted by molar-refractivity contribution is 5.90. The maximum Gasteiger partial charge on any atom is 0.319 e. The van der Waals surface area contributed by atoms with Crippen LogP contribution in [0.15, 0.2) is 54.6 Å². The van der Waals surface area contributed by atoms with Crippen LogP contribution in [-0.4, -0.2) is 24.8 Å². The van der Waals surface area contributed by atoms with Gasteiger partial charge in [-0.3, -0.25) is 0 Å². The zero-order valence-corrected chi connectivity index (χ0v) is 13.7. The molecule has 5 heteroatoms. The van der Waals surface area contributed by atoms with Crippen LogP contribution in [0.5, 0.6) is 5.75 Å². The van der Waals surface area contributed by atoms with Gasteiger partial charge in [0.05, 0.1) is 19.3 Å². The number of urea groups is 1. The lowest BCUT2D eigenvalue weighted by Gasteiger charge is -2.29. The fourth-order valence-corrected chi connectivity index (χ4v) is 2.90. The van der Waals surface area contributed by atoms with Gasteiger partial charge in [-0.1, -0.05) is 42.5 Å². The van der Waals surface area contributed by atoms with Crippen LogP contribution >= 0.6 is 0 Å². The molecule has 3 N–H and O–H groups in total. The van der Waals surface area contributed by atoms with Crippen LogP contribution in [-0.2, 0) is 5.60 Å². The molecule has 3 rings (SSSR count). The van der Waals surface area contributed by atoms with E-state index < -0.39 is 5.60 Å². The number of hydrogen-bond donors (Lipinski definition) is 3. The summed E-state index contributed by atoms with van der Waals surface area (Å²) in [5, 5.41) is 16.6. The zero-order valence-electron chi connectivity index (χ0n) is 13.7. The average Bonchev–Trinajstić information content (AvgIpc) is 3.46. The predicted octanol–water partition coefficient (Wildman–Crippen LogP) is 3.11. The zero-order chi connectivity index (χ0) is 17.0. The van der Waals surface area contributed by atoms with Crippen LogP contribution in [0.1, 0.15) is 18.4 Å². The summed E-state index contributed by atoms with van der Waals surface area (Å²) < 4.78 is 5.22. The van der Waals surface area contributed by atoms with E-state index in [1.165, 1.54) is 0 Å². The molecule has 5 nitrogen and oxygen atoms in total. The molecule has 0 unspecified atom stereocenters. The van der Waals surface area contributed by atoms with Crippen LogP contribution in [0.2, 0.25) is 0 Å². The van der Waals surface area contributed by atoms with Gasteiger partial charge in [0.15, 0.2) is 0 Å².